The largest absolute Gasteiger partial charge is 0.472 e. The molecule has 1 unspecified atom stereocenters. The Morgan fingerprint density at radius 1 is 0.545 bits per heavy atom. The van der Waals surface area contributed by atoms with E-state index in [0.717, 1.165) is 51.4 Å². The molecule has 0 aromatic rings. The molecular formula is C45H87NO8P+. The molecule has 0 saturated heterocycles. The number of carbonyl (C=O) groups is 2. The van der Waals surface area contributed by atoms with Crippen molar-refractivity contribution < 1.29 is 42.1 Å². The molecule has 55 heavy (non-hydrogen) atoms. The van der Waals surface area contributed by atoms with Crippen molar-refractivity contribution in [2.75, 3.05) is 47.5 Å². The van der Waals surface area contributed by atoms with Gasteiger partial charge in [0, 0.05) is 12.8 Å². The third kappa shape index (κ3) is 41.9. The summed E-state index contributed by atoms with van der Waals surface area (Å²) in [6.07, 6.45) is 40.7. The van der Waals surface area contributed by atoms with Crippen molar-refractivity contribution >= 4 is 19.8 Å². The first-order chi connectivity index (χ1) is 26.5. The third-order valence-electron chi connectivity index (χ3n) is 9.70. The number of esters is 2. The fourth-order valence-corrected chi connectivity index (χ4v) is 6.86. The maximum atomic E-state index is 12.7. The van der Waals surface area contributed by atoms with Gasteiger partial charge in [0.1, 0.15) is 19.8 Å². The third-order valence-corrected chi connectivity index (χ3v) is 10.7. The van der Waals surface area contributed by atoms with Gasteiger partial charge in [0.25, 0.3) is 0 Å². The highest BCUT2D eigenvalue weighted by Gasteiger charge is 2.27. The van der Waals surface area contributed by atoms with Crippen LogP contribution in [0.2, 0.25) is 0 Å². The van der Waals surface area contributed by atoms with Crippen molar-refractivity contribution in [1.82, 2.24) is 0 Å². The van der Waals surface area contributed by atoms with Gasteiger partial charge in [-0.15, -0.1) is 0 Å². The lowest BCUT2D eigenvalue weighted by Gasteiger charge is -2.24. The summed E-state index contributed by atoms with van der Waals surface area (Å²) in [6, 6.07) is 0. The second-order valence-corrected chi connectivity index (χ2v) is 17.9. The minimum atomic E-state index is -4.37. The lowest BCUT2D eigenvalue weighted by molar-refractivity contribution is -0.870. The topological polar surface area (TPSA) is 108 Å². The van der Waals surface area contributed by atoms with E-state index >= 15 is 0 Å². The van der Waals surface area contributed by atoms with Gasteiger partial charge >= 0.3 is 19.8 Å². The van der Waals surface area contributed by atoms with Crippen LogP contribution in [-0.2, 0) is 32.7 Å². The molecule has 0 saturated carbocycles. The first kappa shape index (κ1) is 53.5. The molecule has 2 atom stereocenters. The summed E-state index contributed by atoms with van der Waals surface area (Å²) < 4.78 is 34.3. The molecule has 0 rings (SSSR count). The van der Waals surface area contributed by atoms with Crippen LogP contribution in [0, 0.1) is 0 Å². The van der Waals surface area contributed by atoms with Gasteiger partial charge in [0.2, 0.25) is 0 Å². The Morgan fingerprint density at radius 3 is 1.36 bits per heavy atom. The van der Waals surface area contributed by atoms with Crippen LogP contribution < -0.4 is 0 Å². The Kier molecular flexibility index (Phi) is 37.0. The molecule has 0 aliphatic carbocycles. The van der Waals surface area contributed by atoms with E-state index in [4.69, 9.17) is 18.5 Å². The van der Waals surface area contributed by atoms with Gasteiger partial charge in [-0.2, -0.15) is 0 Å². The van der Waals surface area contributed by atoms with Crippen LogP contribution in [0.3, 0.4) is 0 Å². The molecule has 0 aromatic heterocycles. The van der Waals surface area contributed by atoms with Crippen molar-refractivity contribution in [3.8, 4) is 0 Å². The molecule has 10 heteroatoms. The van der Waals surface area contributed by atoms with Gasteiger partial charge < -0.3 is 18.9 Å². The van der Waals surface area contributed by atoms with Gasteiger partial charge in [0.05, 0.1) is 27.7 Å². The number of carbonyl (C=O) groups excluding carboxylic acids is 2. The van der Waals surface area contributed by atoms with E-state index in [1.807, 2.05) is 21.1 Å². The highest BCUT2D eigenvalue weighted by Crippen LogP contribution is 2.43. The zero-order valence-electron chi connectivity index (χ0n) is 36.4. The number of ether oxygens (including phenoxy) is 2. The highest BCUT2D eigenvalue weighted by molar-refractivity contribution is 7.47. The molecule has 0 fully saturated rings. The number of nitrogens with zero attached hydrogens (tertiary/aromatic N) is 1. The summed E-state index contributed by atoms with van der Waals surface area (Å²) in [5.41, 5.74) is 0. The lowest BCUT2D eigenvalue weighted by Crippen LogP contribution is -2.37. The van der Waals surface area contributed by atoms with E-state index < -0.39 is 26.5 Å². The molecule has 0 heterocycles. The number of hydrogen-bond donors (Lipinski definition) is 1. The van der Waals surface area contributed by atoms with Crippen molar-refractivity contribution in [2.45, 2.75) is 206 Å². The summed E-state index contributed by atoms with van der Waals surface area (Å²) in [6.45, 7) is 4.40. The summed E-state index contributed by atoms with van der Waals surface area (Å²) in [5, 5.41) is 0. The Bertz CT molecular complexity index is 996. The monoisotopic (exact) mass is 801 g/mol. The number of phosphoric acid groups is 1. The van der Waals surface area contributed by atoms with E-state index in [-0.39, 0.29) is 32.0 Å². The maximum Gasteiger partial charge on any atom is 0.472 e. The molecule has 0 aliphatic heterocycles. The Labute approximate surface area is 339 Å². The zero-order valence-corrected chi connectivity index (χ0v) is 37.3. The lowest BCUT2D eigenvalue weighted by atomic mass is 10.1. The number of hydrogen-bond acceptors (Lipinski definition) is 7. The van der Waals surface area contributed by atoms with Crippen molar-refractivity contribution in [1.29, 1.82) is 0 Å². The zero-order chi connectivity index (χ0) is 40.7. The van der Waals surface area contributed by atoms with Crippen LogP contribution in [0.1, 0.15) is 200 Å². The van der Waals surface area contributed by atoms with Crippen LogP contribution >= 0.6 is 7.82 Å². The van der Waals surface area contributed by atoms with Crippen LogP contribution in [0.15, 0.2) is 24.3 Å². The number of rotatable bonds is 41. The minimum absolute atomic E-state index is 0.0311. The Hall–Kier alpha value is -1.51. The average Bonchev–Trinajstić information content (AvgIpc) is 3.13. The number of phosphoric ester groups is 1. The number of unbranched alkanes of at least 4 members (excludes halogenated alkanes) is 23. The van der Waals surface area contributed by atoms with E-state index in [1.165, 1.54) is 116 Å². The number of quaternary nitrogens is 1. The molecule has 0 radical (unpaired) electrons. The molecular weight excluding hydrogens is 713 g/mol. The molecule has 9 nitrogen and oxygen atoms in total. The smallest absolute Gasteiger partial charge is 0.462 e. The quantitative estimate of drug-likeness (QED) is 0.0214. The first-order valence-electron chi connectivity index (χ1n) is 22.6. The SMILES string of the molecule is CCCCCC/C=C/CCCCCCCCCCCC(=O)OC[C@H](COP(=O)(O)OCC[N+](C)(C)C)OC(=O)CCCCCCC/C=C/CCCCCCC. The fourth-order valence-electron chi connectivity index (χ4n) is 6.12. The second kappa shape index (κ2) is 38.0. The maximum absolute atomic E-state index is 12.7. The normalized spacial score (nSPS) is 13.8. The number of allylic oxidation sites excluding steroid dienone is 4. The second-order valence-electron chi connectivity index (χ2n) is 16.4. The van der Waals surface area contributed by atoms with E-state index in [2.05, 4.69) is 38.2 Å². The van der Waals surface area contributed by atoms with E-state index in [0.29, 0.717) is 17.4 Å². The minimum Gasteiger partial charge on any atom is -0.462 e. The fraction of sp³-hybridized carbons (Fsp3) is 0.867. The van der Waals surface area contributed by atoms with Gasteiger partial charge in [-0.05, 0) is 64.2 Å². The standard InChI is InChI=1S/C45H86NO8P/c1-6-8-10-12-14-16-18-20-22-23-24-26-27-29-31-33-35-37-44(47)51-41-43(42-53-55(49,50)52-40-39-46(3,4)5)54-45(48)38-36-34-32-30-28-25-21-19-17-15-13-11-9-7-2/h16,18-19,21,43H,6-15,17,20,22-42H2,1-5H3/p+1/b18-16+,21-19+/t43-/m1/s1. The van der Waals surface area contributed by atoms with Crippen molar-refractivity contribution in [3.63, 3.8) is 0 Å². The van der Waals surface area contributed by atoms with E-state index in [1.54, 1.807) is 0 Å². The van der Waals surface area contributed by atoms with Crippen LogP contribution in [0.4, 0.5) is 0 Å². The molecule has 0 aromatic carbocycles. The van der Waals surface area contributed by atoms with Gasteiger partial charge in [-0.1, -0.05) is 147 Å². The van der Waals surface area contributed by atoms with Gasteiger partial charge in [-0.3, -0.25) is 18.6 Å². The molecule has 0 aliphatic rings. The van der Waals surface area contributed by atoms with Gasteiger partial charge in [-0.25, -0.2) is 4.57 Å². The summed E-state index contributed by atoms with van der Waals surface area (Å²) in [5.74, 6) is -0.806. The van der Waals surface area contributed by atoms with Crippen LogP contribution in [0.5, 0.6) is 0 Å². The highest BCUT2D eigenvalue weighted by atomic mass is 31.2. The molecule has 1 N–H and O–H groups in total. The van der Waals surface area contributed by atoms with Crippen LogP contribution in [0.25, 0.3) is 0 Å². The van der Waals surface area contributed by atoms with Gasteiger partial charge in [0.15, 0.2) is 6.10 Å². The number of likely N-dealkylation sites (N-methyl/N-ethyl adjacent to an activating group) is 1. The summed E-state index contributed by atoms with van der Waals surface area (Å²) >= 11 is 0. The molecule has 0 spiro atoms. The summed E-state index contributed by atoms with van der Waals surface area (Å²) in [4.78, 5) is 35.4. The Morgan fingerprint density at radius 2 is 0.927 bits per heavy atom. The molecule has 324 valence electrons. The van der Waals surface area contributed by atoms with Crippen molar-refractivity contribution in [2.24, 2.45) is 0 Å². The van der Waals surface area contributed by atoms with E-state index in [9.17, 15) is 19.0 Å². The predicted molar refractivity (Wildman–Crippen MR) is 229 cm³/mol. The average molecular weight is 801 g/mol. The van der Waals surface area contributed by atoms with Crippen molar-refractivity contribution in [3.05, 3.63) is 24.3 Å². The van der Waals surface area contributed by atoms with Crippen LogP contribution in [-0.4, -0.2) is 74.9 Å². The predicted octanol–water partition coefficient (Wildman–Crippen LogP) is 12.7. The Balaban J connectivity index is 4.33. The molecule has 0 amide bonds. The molecule has 0 bridgehead atoms. The first-order valence-corrected chi connectivity index (χ1v) is 24.1. The summed E-state index contributed by atoms with van der Waals surface area (Å²) in [7, 11) is 1.47.